The van der Waals surface area contributed by atoms with Crippen LogP contribution in [0.1, 0.15) is 61.3 Å². The zero-order valence-corrected chi connectivity index (χ0v) is 14.4. The van der Waals surface area contributed by atoms with Gasteiger partial charge in [-0.05, 0) is 0 Å². The summed E-state index contributed by atoms with van der Waals surface area (Å²) < 4.78 is 5.45. The molecule has 116 valence electrons. The predicted octanol–water partition coefficient (Wildman–Crippen LogP) is 3.26. The molecule has 3 nitrogen and oxygen atoms in total. The third-order valence-corrected chi connectivity index (χ3v) is 2.99. The molecule has 0 aliphatic rings. The summed E-state index contributed by atoms with van der Waals surface area (Å²) in [4.78, 5) is 12.1. The molecule has 0 atom stereocenters. The van der Waals surface area contributed by atoms with Crippen molar-refractivity contribution >= 4 is 19.0 Å². The van der Waals surface area contributed by atoms with E-state index in [0.29, 0.717) is 0 Å². The van der Waals surface area contributed by atoms with Crippen molar-refractivity contribution in [1.82, 2.24) is 5.32 Å². The molecule has 0 amide bonds. The van der Waals surface area contributed by atoms with Gasteiger partial charge in [0, 0.05) is 0 Å². The molecule has 20 heavy (non-hydrogen) atoms. The Morgan fingerprint density at radius 3 is 2.35 bits per heavy atom. The monoisotopic (exact) mass is 281 g/mol. The second kappa shape index (κ2) is 8.48. The zero-order chi connectivity index (χ0) is 15.8. The van der Waals surface area contributed by atoms with Gasteiger partial charge >= 0.3 is 125 Å². The third kappa shape index (κ3) is 10.0. The molecule has 0 rings (SSSR count). The quantitative estimate of drug-likeness (QED) is 0.421. The van der Waals surface area contributed by atoms with Crippen LogP contribution in [0.2, 0.25) is 6.32 Å². The van der Waals surface area contributed by atoms with Gasteiger partial charge in [-0.2, -0.15) is 0 Å². The molecule has 0 heterocycles. The molecule has 0 aromatic rings. The van der Waals surface area contributed by atoms with E-state index in [1.54, 1.807) is 0 Å². The molecule has 0 bridgehead atoms. The van der Waals surface area contributed by atoms with Crippen molar-refractivity contribution in [3.63, 3.8) is 0 Å². The average molecular weight is 281 g/mol. The summed E-state index contributed by atoms with van der Waals surface area (Å²) in [6.45, 7) is 17.1. The van der Waals surface area contributed by atoms with E-state index in [2.05, 4.69) is 26.1 Å². The molecule has 0 fully saturated rings. The molecule has 0 unspecified atom stereocenters. The molecule has 0 spiro atoms. The second-order valence-corrected chi connectivity index (χ2v) is 7.46. The Kier molecular flexibility index (Phi) is 8.15. The van der Waals surface area contributed by atoms with Gasteiger partial charge in [0.1, 0.15) is 0 Å². The fourth-order valence-electron chi connectivity index (χ4n) is 1.58. The van der Waals surface area contributed by atoms with E-state index < -0.39 is 11.0 Å². The normalized spacial score (nSPS) is 12.6. The van der Waals surface area contributed by atoms with Crippen LogP contribution < -0.4 is 5.32 Å². The fourth-order valence-corrected chi connectivity index (χ4v) is 1.58. The summed E-state index contributed by atoms with van der Waals surface area (Å²) >= 11 is 0. The van der Waals surface area contributed by atoms with Crippen molar-refractivity contribution < 1.29 is 9.53 Å². The fraction of sp³-hybridized carbons (Fsp3) is 0.875. The van der Waals surface area contributed by atoms with E-state index in [0.717, 1.165) is 25.2 Å². The van der Waals surface area contributed by atoms with Crippen molar-refractivity contribution in [2.45, 2.75) is 73.2 Å². The van der Waals surface area contributed by atoms with Gasteiger partial charge in [-0.3, -0.25) is 0 Å². The summed E-state index contributed by atoms with van der Waals surface area (Å²) in [5.74, 6) is 0.605. The zero-order valence-electron chi connectivity index (χ0n) is 14.4. The Bertz CT molecular complexity index is 317. The Balaban J connectivity index is 3.98. The Morgan fingerprint density at radius 1 is 1.25 bits per heavy atom. The van der Waals surface area contributed by atoms with Gasteiger partial charge in [0.15, 0.2) is 0 Å². The van der Waals surface area contributed by atoms with Crippen molar-refractivity contribution in [3.8, 4) is 0 Å². The molecular formula is C16H32BNO2. The van der Waals surface area contributed by atoms with Crippen molar-refractivity contribution in [1.29, 1.82) is 0 Å². The third-order valence-electron chi connectivity index (χ3n) is 2.99. The summed E-state index contributed by atoms with van der Waals surface area (Å²) in [6.07, 6.45) is 4.84. The first-order chi connectivity index (χ1) is 9.04. The Hall–Kier alpha value is -0.795. The molecule has 4 heteroatoms. The minimum absolute atomic E-state index is 0.119. The molecular weight excluding hydrogens is 249 g/mol. The summed E-state index contributed by atoms with van der Waals surface area (Å²) in [6, 6.07) is 0. The molecule has 0 aromatic carbocycles. The Morgan fingerprint density at radius 2 is 1.85 bits per heavy atom. The van der Waals surface area contributed by atoms with Crippen molar-refractivity contribution in [3.05, 3.63) is 0 Å². The molecule has 0 radical (unpaired) electrons. The number of hydrogen-bond donors (Lipinski definition) is 1. The first-order valence-electron chi connectivity index (χ1n) is 7.66. The number of hydrogen-bond acceptors (Lipinski definition) is 3. The number of carbonyl (C=O) groups is 1. The number of carbonyl (C=O) groups excluding carboxylic acids is 1. The van der Waals surface area contributed by atoms with Crippen LogP contribution in [-0.2, 0) is 9.53 Å². The summed E-state index contributed by atoms with van der Waals surface area (Å²) in [5.41, 5.74) is -0.849. The molecule has 1 N–H and O–H groups in total. The van der Waals surface area contributed by atoms with Crippen molar-refractivity contribution in [2.75, 3.05) is 6.54 Å². The number of ether oxygens (including phenoxy) is 1. The standard InChI is InChI=1S/C16H32BNO2/c1-13(2)8-11-18-12-17-10-9-16(6,7)14(19)20-15(3,4)5/h12-13,18H,8-11H2,1-7H3. The van der Waals surface area contributed by atoms with Crippen molar-refractivity contribution in [2.24, 2.45) is 11.3 Å². The van der Waals surface area contributed by atoms with Crippen LogP contribution >= 0.6 is 0 Å². The van der Waals surface area contributed by atoms with E-state index in [1.165, 1.54) is 6.42 Å². The first kappa shape index (κ1) is 19.2. The molecule has 0 aliphatic heterocycles. The number of rotatable bonds is 8. The topological polar surface area (TPSA) is 38.3 Å². The van der Waals surface area contributed by atoms with Gasteiger partial charge in [0.2, 0.25) is 0 Å². The summed E-state index contributed by atoms with van der Waals surface area (Å²) in [7, 11) is 0. The van der Waals surface area contributed by atoms with Gasteiger partial charge in [-0.15, -0.1) is 0 Å². The van der Waals surface area contributed by atoms with E-state index in [4.69, 9.17) is 4.74 Å². The molecule has 0 aromatic heterocycles. The molecule has 0 saturated heterocycles. The minimum atomic E-state index is -0.435. The van der Waals surface area contributed by atoms with Crippen LogP contribution in [0.3, 0.4) is 0 Å². The van der Waals surface area contributed by atoms with Crippen LogP contribution in [0.15, 0.2) is 0 Å². The molecule has 0 saturated carbocycles. The van der Waals surface area contributed by atoms with Crippen LogP contribution in [0.4, 0.5) is 0 Å². The maximum absolute atomic E-state index is 12.1. The number of nitrogens with one attached hydrogen (secondary N) is 1. The van der Waals surface area contributed by atoms with Gasteiger partial charge in [-0.1, -0.05) is 0 Å². The van der Waals surface area contributed by atoms with E-state index >= 15 is 0 Å². The van der Waals surface area contributed by atoms with E-state index in [-0.39, 0.29) is 5.97 Å². The summed E-state index contributed by atoms with van der Waals surface area (Å²) in [5, 5.41) is 3.27. The Labute approximate surface area is 125 Å². The van der Waals surface area contributed by atoms with E-state index in [9.17, 15) is 4.79 Å². The van der Waals surface area contributed by atoms with Crippen LogP contribution in [0.5, 0.6) is 0 Å². The van der Waals surface area contributed by atoms with Gasteiger partial charge in [-0.25, -0.2) is 0 Å². The maximum atomic E-state index is 12.1. The van der Waals surface area contributed by atoms with Crippen LogP contribution in [-0.4, -0.2) is 31.1 Å². The second-order valence-electron chi connectivity index (χ2n) is 7.46. The van der Waals surface area contributed by atoms with Gasteiger partial charge < -0.3 is 0 Å². The van der Waals surface area contributed by atoms with Gasteiger partial charge in [0.25, 0.3) is 0 Å². The van der Waals surface area contributed by atoms with E-state index in [1.807, 2.05) is 40.7 Å². The van der Waals surface area contributed by atoms with Crippen LogP contribution in [0.25, 0.3) is 0 Å². The van der Waals surface area contributed by atoms with Gasteiger partial charge in [0.05, 0.1) is 0 Å². The average Bonchev–Trinajstić information content (AvgIpc) is 2.24. The number of esters is 1. The predicted molar refractivity (Wildman–Crippen MR) is 88.3 cm³/mol. The first-order valence-corrected chi connectivity index (χ1v) is 7.66. The molecule has 0 aliphatic carbocycles. The van der Waals surface area contributed by atoms with Crippen LogP contribution in [0, 0.1) is 11.3 Å². The SMILES string of the molecule is CC(C)CCNC=BCCC(C)(C)C(=O)OC(C)(C)C.